The molecule has 2 heterocycles. The summed E-state index contributed by atoms with van der Waals surface area (Å²) in [7, 11) is 0. The Bertz CT molecular complexity index is 668. The molecule has 4 heteroatoms. The van der Waals surface area contributed by atoms with Crippen LogP contribution in [0.5, 0.6) is 0 Å². The maximum absolute atomic E-state index is 10.7. The first kappa shape index (κ1) is 16.8. The standard InChI is InChI=1S/C21H28N2O2/c1-21(24,20-8-5-11-25-20)15-22-19-10-9-17-13-23(14-18(17)19)12-16-6-3-2-4-7-16/h2-8,11,17-19,22,24H,9-10,12-15H2,1H3/t17-,18+,19+,21-/m0/s1. The number of likely N-dealkylation sites (tertiary alicyclic amines) is 1. The number of aliphatic hydroxyl groups is 1. The Morgan fingerprint density at radius 1 is 1.16 bits per heavy atom. The van der Waals surface area contributed by atoms with Crippen LogP contribution in [0.15, 0.2) is 53.1 Å². The third kappa shape index (κ3) is 3.66. The van der Waals surface area contributed by atoms with Crippen LogP contribution in [0, 0.1) is 11.8 Å². The molecule has 0 bridgehead atoms. The van der Waals surface area contributed by atoms with E-state index in [0.717, 1.165) is 19.0 Å². The molecule has 2 fully saturated rings. The van der Waals surface area contributed by atoms with Gasteiger partial charge in [-0.1, -0.05) is 30.3 Å². The first-order valence-electron chi connectivity index (χ1n) is 9.38. The normalized spacial score (nSPS) is 28.8. The van der Waals surface area contributed by atoms with Gasteiger partial charge in [-0.25, -0.2) is 0 Å². The first-order chi connectivity index (χ1) is 12.1. The molecule has 4 nitrogen and oxygen atoms in total. The minimum atomic E-state index is -0.954. The number of nitrogens with zero attached hydrogens (tertiary/aromatic N) is 1. The van der Waals surface area contributed by atoms with Crippen molar-refractivity contribution in [2.75, 3.05) is 19.6 Å². The molecule has 2 N–H and O–H groups in total. The molecule has 2 aromatic rings. The van der Waals surface area contributed by atoms with Crippen LogP contribution in [-0.2, 0) is 12.1 Å². The Labute approximate surface area is 149 Å². The van der Waals surface area contributed by atoms with Crippen molar-refractivity contribution in [1.29, 1.82) is 0 Å². The van der Waals surface area contributed by atoms with Gasteiger partial charge in [0.2, 0.25) is 0 Å². The zero-order valence-corrected chi connectivity index (χ0v) is 14.9. The molecule has 0 radical (unpaired) electrons. The molecule has 0 amide bonds. The molecule has 1 aliphatic carbocycles. The van der Waals surface area contributed by atoms with E-state index in [2.05, 4.69) is 40.5 Å². The molecular formula is C21H28N2O2. The van der Waals surface area contributed by atoms with Gasteiger partial charge in [0, 0.05) is 32.2 Å². The second-order valence-electron chi connectivity index (χ2n) is 7.92. The van der Waals surface area contributed by atoms with Gasteiger partial charge in [0.1, 0.15) is 11.4 Å². The zero-order valence-electron chi connectivity index (χ0n) is 14.9. The maximum atomic E-state index is 10.7. The van der Waals surface area contributed by atoms with Crippen molar-refractivity contribution in [3.8, 4) is 0 Å². The van der Waals surface area contributed by atoms with E-state index < -0.39 is 5.60 Å². The van der Waals surface area contributed by atoms with E-state index in [9.17, 15) is 5.11 Å². The third-order valence-electron chi connectivity index (χ3n) is 5.94. The molecule has 134 valence electrons. The predicted octanol–water partition coefficient (Wildman–Crippen LogP) is 2.99. The average molecular weight is 340 g/mol. The quantitative estimate of drug-likeness (QED) is 0.849. The molecule has 4 atom stereocenters. The monoisotopic (exact) mass is 340 g/mol. The van der Waals surface area contributed by atoms with Crippen LogP contribution in [0.1, 0.15) is 31.1 Å². The van der Waals surface area contributed by atoms with E-state index in [1.807, 2.05) is 19.1 Å². The van der Waals surface area contributed by atoms with E-state index in [1.165, 1.54) is 24.9 Å². The lowest BCUT2D eigenvalue weighted by Gasteiger charge is -2.27. The SMILES string of the molecule is C[C@](O)(CN[C@@H]1CC[C@H]2CN(Cc3ccccc3)C[C@H]21)c1ccco1. The van der Waals surface area contributed by atoms with Crippen LogP contribution in [-0.4, -0.2) is 35.7 Å². The van der Waals surface area contributed by atoms with Crippen LogP contribution in [0.25, 0.3) is 0 Å². The molecule has 1 aromatic heterocycles. The van der Waals surface area contributed by atoms with Gasteiger partial charge in [-0.05, 0) is 49.3 Å². The Kier molecular flexibility index (Phi) is 4.67. The van der Waals surface area contributed by atoms with Crippen LogP contribution in [0.4, 0.5) is 0 Å². The number of furan rings is 1. The largest absolute Gasteiger partial charge is 0.466 e. The summed E-state index contributed by atoms with van der Waals surface area (Å²) in [6.07, 6.45) is 4.12. The fraction of sp³-hybridized carbons (Fsp3) is 0.524. The number of hydrogen-bond acceptors (Lipinski definition) is 4. The van der Waals surface area contributed by atoms with E-state index in [0.29, 0.717) is 24.3 Å². The average Bonchev–Trinajstić information content (AvgIpc) is 3.32. The predicted molar refractivity (Wildman–Crippen MR) is 98.0 cm³/mol. The first-order valence-corrected chi connectivity index (χ1v) is 9.38. The van der Waals surface area contributed by atoms with Crippen LogP contribution < -0.4 is 5.32 Å². The molecule has 4 rings (SSSR count). The van der Waals surface area contributed by atoms with Gasteiger partial charge in [-0.3, -0.25) is 4.90 Å². The van der Waals surface area contributed by atoms with Crippen LogP contribution in [0.3, 0.4) is 0 Å². The molecule has 1 aromatic carbocycles. The second kappa shape index (κ2) is 6.94. The third-order valence-corrected chi connectivity index (χ3v) is 5.94. The summed E-state index contributed by atoms with van der Waals surface area (Å²) >= 11 is 0. The molecule has 0 unspecified atom stereocenters. The zero-order chi connectivity index (χ0) is 17.3. The highest BCUT2D eigenvalue weighted by Crippen LogP contribution is 2.39. The molecule has 2 aliphatic rings. The van der Waals surface area contributed by atoms with E-state index >= 15 is 0 Å². The number of nitrogens with one attached hydrogen (secondary N) is 1. The minimum Gasteiger partial charge on any atom is -0.466 e. The van der Waals surface area contributed by atoms with Crippen molar-refractivity contribution >= 4 is 0 Å². The van der Waals surface area contributed by atoms with Crippen molar-refractivity contribution in [2.45, 2.75) is 38.0 Å². The van der Waals surface area contributed by atoms with Gasteiger partial charge >= 0.3 is 0 Å². The Balaban J connectivity index is 1.33. The summed E-state index contributed by atoms with van der Waals surface area (Å²) in [5.41, 5.74) is 0.442. The van der Waals surface area contributed by atoms with E-state index in [-0.39, 0.29) is 0 Å². The van der Waals surface area contributed by atoms with Gasteiger partial charge in [0.25, 0.3) is 0 Å². The number of rotatable bonds is 6. The van der Waals surface area contributed by atoms with Gasteiger partial charge in [-0.15, -0.1) is 0 Å². The highest BCUT2D eigenvalue weighted by atomic mass is 16.4. The molecule has 1 saturated carbocycles. The summed E-state index contributed by atoms with van der Waals surface area (Å²) in [6.45, 7) is 5.76. The number of hydrogen-bond donors (Lipinski definition) is 2. The minimum absolute atomic E-state index is 0.493. The van der Waals surface area contributed by atoms with E-state index in [4.69, 9.17) is 4.42 Å². The number of fused-ring (bicyclic) bond motifs is 1. The van der Waals surface area contributed by atoms with Crippen molar-refractivity contribution < 1.29 is 9.52 Å². The lowest BCUT2D eigenvalue weighted by Crippen LogP contribution is -2.43. The Hall–Kier alpha value is -1.62. The van der Waals surface area contributed by atoms with Gasteiger partial charge < -0.3 is 14.8 Å². The Morgan fingerprint density at radius 3 is 2.76 bits per heavy atom. The van der Waals surface area contributed by atoms with Crippen LogP contribution >= 0.6 is 0 Å². The van der Waals surface area contributed by atoms with E-state index in [1.54, 1.807) is 6.26 Å². The molecular weight excluding hydrogens is 312 g/mol. The van der Waals surface area contributed by atoms with Crippen molar-refractivity contribution in [1.82, 2.24) is 10.2 Å². The second-order valence-corrected chi connectivity index (χ2v) is 7.92. The number of benzene rings is 1. The molecule has 1 aliphatic heterocycles. The van der Waals surface area contributed by atoms with Crippen LogP contribution in [0.2, 0.25) is 0 Å². The summed E-state index contributed by atoms with van der Waals surface area (Å²) in [4.78, 5) is 2.59. The fourth-order valence-electron chi connectivity index (χ4n) is 4.58. The molecule has 0 spiro atoms. The lowest BCUT2D eigenvalue weighted by molar-refractivity contribution is 0.0301. The fourth-order valence-corrected chi connectivity index (χ4v) is 4.58. The summed E-state index contributed by atoms with van der Waals surface area (Å²) in [5, 5.41) is 14.3. The topological polar surface area (TPSA) is 48.6 Å². The Morgan fingerprint density at radius 2 is 2.00 bits per heavy atom. The van der Waals surface area contributed by atoms with Gasteiger partial charge in [0.15, 0.2) is 0 Å². The highest BCUT2D eigenvalue weighted by molar-refractivity contribution is 5.15. The summed E-state index contributed by atoms with van der Waals surface area (Å²) in [6, 6.07) is 14.9. The molecule has 1 saturated heterocycles. The lowest BCUT2D eigenvalue weighted by atomic mass is 9.96. The summed E-state index contributed by atoms with van der Waals surface area (Å²) in [5.74, 6) is 2.11. The summed E-state index contributed by atoms with van der Waals surface area (Å²) < 4.78 is 5.39. The smallest absolute Gasteiger partial charge is 0.136 e. The maximum Gasteiger partial charge on any atom is 0.136 e. The molecule has 25 heavy (non-hydrogen) atoms. The van der Waals surface area contributed by atoms with Crippen molar-refractivity contribution in [3.63, 3.8) is 0 Å². The van der Waals surface area contributed by atoms with Gasteiger partial charge in [0.05, 0.1) is 6.26 Å². The van der Waals surface area contributed by atoms with Gasteiger partial charge in [-0.2, -0.15) is 0 Å². The van der Waals surface area contributed by atoms with Crippen molar-refractivity contribution in [2.24, 2.45) is 11.8 Å². The highest BCUT2D eigenvalue weighted by Gasteiger charge is 2.43. The van der Waals surface area contributed by atoms with Crippen molar-refractivity contribution in [3.05, 3.63) is 60.1 Å².